The van der Waals surface area contributed by atoms with Crippen molar-refractivity contribution in [1.29, 1.82) is 5.16 Å². The number of hydrogen-bond acceptors (Lipinski definition) is 3. The molecular formula is C16H29N2O2P. The first kappa shape index (κ1) is 18.3. The second-order valence-corrected chi connectivity index (χ2v) is 8.65. The minimum absolute atomic E-state index is 0.0658. The maximum absolute atomic E-state index is 10.9. The van der Waals surface area contributed by atoms with E-state index in [0.717, 1.165) is 12.8 Å². The third-order valence-electron chi connectivity index (χ3n) is 5.96. The van der Waals surface area contributed by atoms with Crippen LogP contribution in [0.25, 0.3) is 0 Å². The second kappa shape index (κ2) is 6.16. The summed E-state index contributed by atoms with van der Waals surface area (Å²) in [4.78, 5) is 15.7. The van der Waals surface area contributed by atoms with E-state index in [2.05, 4.69) is 41.5 Å². The van der Waals surface area contributed by atoms with Gasteiger partial charge in [0.1, 0.15) is 5.66 Å². The summed E-state index contributed by atoms with van der Waals surface area (Å²) in [6.07, 6.45) is 2.28. The Balaban J connectivity index is 2.70. The molecule has 5 heteroatoms. The summed E-state index contributed by atoms with van der Waals surface area (Å²) in [5, 5.41) is 16.2. The fraction of sp³-hybridized carbons (Fsp3) is 0.875. The number of aliphatic imine (C=N–C) groups is 1. The molecule has 0 radical (unpaired) electrons. The Morgan fingerprint density at radius 3 is 2.29 bits per heavy atom. The zero-order valence-corrected chi connectivity index (χ0v) is 15.1. The van der Waals surface area contributed by atoms with Gasteiger partial charge in [0.05, 0.1) is 0 Å². The van der Waals surface area contributed by atoms with Gasteiger partial charge >= 0.3 is 5.97 Å². The van der Waals surface area contributed by atoms with Crippen molar-refractivity contribution in [3.8, 4) is 0 Å². The molecule has 21 heavy (non-hydrogen) atoms. The summed E-state index contributed by atoms with van der Waals surface area (Å²) >= 11 is 0. The third-order valence-corrected chi connectivity index (χ3v) is 6.76. The summed E-state index contributed by atoms with van der Waals surface area (Å²) in [6, 6.07) is 0. The monoisotopic (exact) mass is 312 g/mol. The molecule has 0 aliphatic heterocycles. The van der Waals surface area contributed by atoms with Gasteiger partial charge in [0, 0.05) is 26.0 Å². The predicted octanol–water partition coefficient (Wildman–Crippen LogP) is 4.85. The normalized spacial score (nSPS) is 26.1. The molecule has 1 unspecified atom stereocenters. The summed E-state index contributed by atoms with van der Waals surface area (Å²) in [7, 11) is 0.191. The van der Waals surface area contributed by atoms with Gasteiger partial charge in [-0.05, 0) is 30.1 Å². The van der Waals surface area contributed by atoms with E-state index >= 15 is 0 Å². The average Bonchev–Trinajstić information content (AvgIpc) is 2.46. The number of aliphatic carboxylic acids is 1. The molecule has 0 bridgehead atoms. The minimum atomic E-state index is -0.872. The number of rotatable bonds is 6. The van der Waals surface area contributed by atoms with Crippen LogP contribution in [0.5, 0.6) is 0 Å². The Morgan fingerprint density at radius 1 is 1.33 bits per heavy atom. The van der Waals surface area contributed by atoms with Crippen LogP contribution in [0.4, 0.5) is 0 Å². The predicted molar refractivity (Wildman–Crippen MR) is 88.6 cm³/mol. The van der Waals surface area contributed by atoms with Crippen molar-refractivity contribution < 1.29 is 9.90 Å². The van der Waals surface area contributed by atoms with Crippen molar-refractivity contribution in [1.82, 2.24) is 0 Å². The standard InChI is InChI=1S/C16H29N2O2P/c1-14(2)10-12(15(3,4)16(14,5)6)18-9-7-8-11(21-17)13(19)20/h11,17H,7-10H2,1-6H3,(H,19,20)/b18-12-. The Kier molecular flexibility index (Phi) is 5.36. The van der Waals surface area contributed by atoms with Crippen molar-refractivity contribution >= 4 is 20.1 Å². The van der Waals surface area contributed by atoms with Crippen LogP contribution in [0.3, 0.4) is 0 Å². The zero-order chi connectivity index (χ0) is 16.5. The van der Waals surface area contributed by atoms with Crippen LogP contribution in [-0.2, 0) is 4.79 Å². The highest BCUT2D eigenvalue weighted by Crippen LogP contribution is 2.60. The molecule has 120 valence electrons. The number of carboxylic acid groups (broad SMARTS) is 1. The molecule has 2 N–H and O–H groups in total. The van der Waals surface area contributed by atoms with Gasteiger partial charge in [0.2, 0.25) is 0 Å². The molecule has 4 nitrogen and oxygen atoms in total. The first-order valence-corrected chi connectivity index (χ1v) is 8.57. The maximum Gasteiger partial charge on any atom is 0.316 e. The molecule has 0 spiro atoms. The van der Waals surface area contributed by atoms with Crippen molar-refractivity contribution in [3.63, 3.8) is 0 Å². The van der Waals surface area contributed by atoms with Crippen molar-refractivity contribution in [2.24, 2.45) is 21.2 Å². The number of hydrogen-bond donors (Lipinski definition) is 2. The Labute approximate surface area is 130 Å². The molecular weight excluding hydrogens is 283 g/mol. The third kappa shape index (κ3) is 3.36. The van der Waals surface area contributed by atoms with E-state index in [1.54, 1.807) is 0 Å². The average molecular weight is 312 g/mol. The van der Waals surface area contributed by atoms with Gasteiger partial charge in [-0.3, -0.25) is 14.9 Å². The molecule has 1 aliphatic rings. The van der Waals surface area contributed by atoms with E-state index in [9.17, 15) is 4.79 Å². The maximum atomic E-state index is 10.9. The molecule has 0 aromatic rings. The lowest BCUT2D eigenvalue weighted by atomic mass is 9.61. The molecule has 1 aliphatic carbocycles. The Bertz CT molecular complexity index is 453. The number of carbonyl (C=O) groups is 1. The summed E-state index contributed by atoms with van der Waals surface area (Å²) in [6.45, 7) is 14.4. The molecule has 1 atom stereocenters. The van der Waals surface area contributed by atoms with Crippen molar-refractivity contribution in [2.75, 3.05) is 6.54 Å². The summed E-state index contributed by atoms with van der Waals surface area (Å²) in [5.41, 5.74) is 1.15. The van der Waals surface area contributed by atoms with Gasteiger partial charge in [-0.1, -0.05) is 41.5 Å². The first-order valence-electron chi connectivity index (χ1n) is 7.60. The van der Waals surface area contributed by atoms with Crippen LogP contribution < -0.4 is 0 Å². The van der Waals surface area contributed by atoms with Gasteiger partial charge in [-0.15, -0.1) is 0 Å². The van der Waals surface area contributed by atoms with Gasteiger partial charge < -0.3 is 5.11 Å². The van der Waals surface area contributed by atoms with Crippen LogP contribution in [0.15, 0.2) is 4.99 Å². The quantitative estimate of drug-likeness (QED) is 0.543. The van der Waals surface area contributed by atoms with E-state index < -0.39 is 11.6 Å². The molecule has 0 aromatic carbocycles. The van der Waals surface area contributed by atoms with Crippen molar-refractivity contribution in [3.05, 3.63) is 0 Å². The van der Waals surface area contributed by atoms with Crippen LogP contribution in [0.1, 0.15) is 60.8 Å². The Morgan fingerprint density at radius 2 is 1.90 bits per heavy atom. The number of carboxylic acids is 1. The molecule has 0 amide bonds. The SMILES string of the molecule is CC1(C)C/C(=N/CCCC(P=N)C(=O)O)C(C)(C)C1(C)C. The minimum Gasteiger partial charge on any atom is -0.480 e. The first-order chi connectivity index (χ1) is 9.47. The van der Waals surface area contributed by atoms with Crippen LogP contribution >= 0.6 is 8.37 Å². The van der Waals surface area contributed by atoms with Gasteiger partial charge in [0.15, 0.2) is 0 Å². The highest BCUT2D eigenvalue weighted by Gasteiger charge is 2.56. The highest BCUT2D eigenvalue weighted by molar-refractivity contribution is 7.27. The van der Waals surface area contributed by atoms with E-state index in [1.807, 2.05) is 0 Å². The van der Waals surface area contributed by atoms with Gasteiger partial charge in [0.25, 0.3) is 0 Å². The topological polar surface area (TPSA) is 73.5 Å². The number of nitrogens with zero attached hydrogens (tertiary/aromatic N) is 1. The highest BCUT2D eigenvalue weighted by atomic mass is 31.1. The molecule has 1 saturated carbocycles. The van der Waals surface area contributed by atoms with Crippen molar-refractivity contribution in [2.45, 2.75) is 66.5 Å². The van der Waals surface area contributed by atoms with Crippen LogP contribution in [-0.4, -0.2) is 29.0 Å². The zero-order valence-electron chi connectivity index (χ0n) is 14.2. The number of nitrogens with one attached hydrogen (secondary N) is 1. The summed E-state index contributed by atoms with van der Waals surface area (Å²) in [5.74, 6) is -0.872. The molecule has 0 heterocycles. The van der Waals surface area contributed by atoms with E-state index in [-0.39, 0.29) is 24.6 Å². The lowest BCUT2D eigenvalue weighted by molar-refractivity contribution is -0.136. The largest absolute Gasteiger partial charge is 0.480 e. The van der Waals surface area contributed by atoms with E-state index in [1.165, 1.54) is 5.71 Å². The molecule has 0 saturated heterocycles. The smallest absolute Gasteiger partial charge is 0.316 e. The van der Waals surface area contributed by atoms with Gasteiger partial charge in [-0.2, -0.15) is 0 Å². The van der Waals surface area contributed by atoms with E-state index in [0.29, 0.717) is 13.0 Å². The second-order valence-electron chi connectivity index (χ2n) is 7.76. The lowest BCUT2D eigenvalue weighted by Crippen LogP contribution is -2.38. The molecule has 1 rings (SSSR count). The molecule has 1 fully saturated rings. The van der Waals surface area contributed by atoms with E-state index in [4.69, 9.17) is 15.3 Å². The van der Waals surface area contributed by atoms with Crippen LogP contribution in [0.2, 0.25) is 0 Å². The lowest BCUT2D eigenvalue weighted by Gasteiger charge is -2.43. The Hall–Kier alpha value is -0.760. The molecule has 0 aromatic heterocycles. The van der Waals surface area contributed by atoms with Crippen LogP contribution in [0, 0.1) is 21.4 Å². The fourth-order valence-electron chi connectivity index (χ4n) is 3.06. The fourth-order valence-corrected chi connectivity index (χ4v) is 3.48. The summed E-state index contributed by atoms with van der Waals surface area (Å²) < 4.78 is 0. The van der Waals surface area contributed by atoms with Gasteiger partial charge in [-0.25, -0.2) is 0 Å².